The first kappa shape index (κ1) is 15.2. The summed E-state index contributed by atoms with van der Waals surface area (Å²) < 4.78 is 0. The van der Waals surface area contributed by atoms with Gasteiger partial charge < -0.3 is 5.11 Å². The third kappa shape index (κ3) is 7.50. The molecule has 1 aromatic rings. The Morgan fingerprint density at radius 2 is 1.56 bits per heavy atom. The molecule has 0 radical (unpaired) electrons. The molecule has 0 saturated carbocycles. The maximum Gasteiger partial charge on any atom is 0.0540 e. The van der Waals surface area contributed by atoms with Crippen molar-refractivity contribution in [2.24, 2.45) is 0 Å². The van der Waals surface area contributed by atoms with E-state index in [2.05, 4.69) is 37.3 Å². The van der Waals surface area contributed by atoms with Gasteiger partial charge in [0.2, 0.25) is 0 Å². The van der Waals surface area contributed by atoms with Gasteiger partial charge in [-0.05, 0) is 31.2 Å². The van der Waals surface area contributed by atoms with E-state index in [-0.39, 0.29) is 6.10 Å². The Kier molecular flexibility index (Phi) is 8.58. The topological polar surface area (TPSA) is 20.2 Å². The Balaban J connectivity index is 1.98. The molecular weight excluding hydrogens is 220 g/mol. The van der Waals surface area contributed by atoms with Crippen molar-refractivity contribution in [2.75, 3.05) is 0 Å². The van der Waals surface area contributed by atoms with Crippen molar-refractivity contribution in [3.8, 4) is 0 Å². The van der Waals surface area contributed by atoms with E-state index in [9.17, 15) is 5.11 Å². The fraction of sp³-hybridized carbons (Fsp3) is 0.647. The van der Waals surface area contributed by atoms with Gasteiger partial charge in [0.25, 0.3) is 0 Å². The Labute approximate surface area is 112 Å². The summed E-state index contributed by atoms with van der Waals surface area (Å²) in [5.74, 6) is 0. The first-order valence-corrected chi connectivity index (χ1v) is 7.55. The van der Waals surface area contributed by atoms with Gasteiger partial charge in [-0.3, -0.25) is 0 Å². The molecule has 0 heterocycles. The molecule has 0 spiro atoms. The van der Waals surface area contributed by atoms with Crippen LogP contribution in [0.5, 0.6) is 0 Å². The molecule has 1 atom stereocenters. The predicted molar refractivity (Wildman–Crippen MR) is 78.8 cm³/mol. The van der Waals surface area contributed by atoms with E-state index < -0.39 is 0 Å². The zero-order valence-corrected chi connectivity index (χ0v) is 11.8. The second kappa shape index (κ2) is 10.1. The fourth-order valence-corrected chi connectivity index (χ4v) is 2.31. The van der Waals surface area contributed by atoms with Gasteiger partial charge >= 0.3 is 0 Å². The van der Waals surface area contributed by atoms with Crippen LogP contribution in [-0.4, -0.2) is 11.2 Å². The van der Waals surface area contributed by atoms with Gasteiger partial charge in [-0.15, -0.1) is 0 Å². The molecule has 0 aliphatic heterocycles. The largest absolute Gasteiger partial charge is 0.393 e. The Morgan fingerprint density at radius 3 is 2.28 bits per heavy atom. The highest BCUT2D eigenvalue weighted by atomic mass is 16.3. The predicted octanol–water partition coefficient (Wildman–Crippen LogP) is 4.73. The maximum absolute atomic E-state index is 9.88. The summed E-state index contributed by atoms with van der Waals surface area (Å²) >= 11 is 0. The summed E-state index contributed by atoms with van der Waals surface area (Å²) in [6, 6.07) is 10.5. The van der Waals surface area contributed by atoms with Crippen molar-refractivity contribution >= 4 is 0 Å². The van der Waals surface area contributed by atoms with Gasteiger partial charge in [0, 0.05) is 0 Å². The van der Waals surface area contributed by atoms with Gasteiger partial charge in [-0.2, -0.15) is 0 Å². The molecule has 102 valence electrons. The number of hydrogen-bond acceptors (Lipinski definition) is 1. The maximum atomic E-state index is 9.88. The average Bonchev–Trinajstić information content (AvgIpc) is 2.40. The standard InChI is InChI=1S/C17H28O/c1-2-3-4-5-9-14-17(18)15-10-13-16-11-7-6-8-12-16/h6-8,11-12,17-18H,2-5,9-10,13-15H2,1H3. The smallest absolute Gasteiger partial charge is 0.0540 e. The highest BCUT2D eigenvalue weighted by Crippen LogP contribution is 2.12. The molecule has 1 aromatic carbocycles. The van der Waals surface area contributed by atoms with E-state index in [0.29, 0.717) is 0 Å². The van der Waals surface area contributed by atoms with E-state index in [0.717, 1.165) is 25.7 Å². The van der Waals surface area contributed by atoms with Crippen molar-refractivity contribution in [2.45, 2.75) is 70.8 Å². The zero-order chi connectivity index (χ0) is 13.1. The molecule has 1 N–H and O–H groups in total. The van der Waals surface area contributed by atoms with Gasteiger partial charge in [-0.1, -0.05) is 69.4 Å². The molecular formula is C17H28O. The van der Waals surface area contributed by atoms with Gasteiger partial charge in [-0.25, -0.2) is 0 Å². The van der Waals surface area contributed by atoms with Gasteiger partial charge in [0.1, 0.15) is 0 Å². The molecule has 0 fully saturated rings. The van der Waals surface area contributed by atoms with Crippen molar-refractivity contribution in [1.29, 1.82) is 0 Å². The molecule has 1 nitrogen and oxygen atoms in total. The third-order valence-corrected chi connectivity index (χ3v) is 3.49. The lowest BCUT2D eigenvalue weighted by Gasteiger charge is -2.10. The highest BCUT2D eigenvalue weighted by Gasteiger charge is 2.03. The fourth-order valence-electron chi connectivity index (χ4n) is 2.31. The summed E-state index contributed by atoms with van der Waals surface area (Å²) in [6.45, 7) is 2.23. The quantitative estimate of drug-likeness (QED) is 0.593. The van der Waals surface area contributed by atoms with Crippen LogP contribution in [0.1, 0.15) is 63.9 Å². The van der Waals surface area contributed by atoms with Crippen LogP contribution in [0.4, 0.5) is 0 Å². The molecule has 0 bridgehead atoms. The third-order valence-electron chi connectivity index (χ3n) is 3.49. The van der Waals surface area contributed by atoms with Crippen molar-refractivity contribution in [1.82, 2.24) is 0 Å². The van der Waals surface area contributed by atoms with E-state index in [1.807, 2.05) is 0 Å². The van der Waals surface area contributed by atoms with E-state index in [1.54, 1.807) is 0 Å². The highest BCUT2D eigenvalue weighted by molar-refractivity contribution is 5.14. The lowest BCUT2D eigenvalue weighted by Crippen LogP contribution is -2.06. The van der Waals surface area contributed by atoms with Crippen molar-refractivity contribution in [3.05, 3.63) is 35.9 Å². The molecule has 0 aliphatic carbocycles. The molecule has 0 amide bonds. The van der Waals surface area contributed by atoms with Gasteiger partial charge in [0.15, 0.2) is 0 Å². The minimum atomic E-state index is -0.0876. The average molecular weight is 248 g/mol. The zero-order valence-electron chi connectivity index (χ0n) is 11.8. The number of aliphatic hydroxyl groups excluding tert-OH is 1. The van der Waals surface area contributed by atoms with E-state index >= 15 is 0 Å². The Bertz CT molecular complexity index is 281. The molecule has 1 unspecified atom stereocenters. The van der Waals surface area contributed by atoms with Crippen LogP contribution in [0.2, 0.25) is 0 Å². The minimum absolute atomic E-state index is 0.0876. The second-order valence-corrected chi connectivity index (χ2v) is 5.23. The molecule has 18 heavy (non-hydrogen) atoms. The van der Waals surface area contributed by atoms with Crippen LogP contribution >= 0.6 is 0 Å². The molecule has 0 saturated heterocycles. The van der Waals surface area contributed by atoms with E-state index in [1.165, 1.54) is 37.7 Å². The van der Waals surface area contributed by atoms with Crippen LogP contribution in [0.25, 0.3) is 0 Å². The van der Waals surface area contributed by atoms with E-state index in [4.69, 9.17) is 0 Å². The SMILES string of the molecule is CCCCCCCC(O)CCCc1ccccc1. The molecule has 0 aromatic heterocycles. The first-order valence-electron chi connectivity index (χ1n) is 7.55. The van der Waals surface area contributed by atoms with Crippen molar-refractivity contribution in [3.63, 3.8) is 0 Å². The molecule has 1 rings (SSSR count). The lowest BCUT2D eigenvalue weighted by atomic mass is 10.0. The monoisotopic (exact) mass is 248 g/mol. The summed E-state index contributed by atoms with van der Waals surface area (Å²) in [7, 11) is 0. The Morgan fingerprint density at radius 1 is 0.889 bits per heavy atom. The number of unbranched alkanes of at least 4 members (excludes halogenated alkanes) is 4. The summed E-state index contributed by atoms with van der Waals surface area (Å²) in [5.41, 5.74) is 1.38. The number of aryl methyl sites for hydroxylation is 1. The van der Waals surface area contributed by atoms with Crippen LogP contribution in [-0.2, 0) is 6.42 Å². The summed E-state index contributed by atoms with van der Waals surface area (Å²) in [6.07, 6.45) is 10.5. The minimum Gasteiger partial charge on any atom is -0.393 e. The molecule has 1 heteroatoms. The summed E-state index contributed by atoms with van der Waals surface area (Å²) in [5, 5.41) is 9.88. The summed E-state index contributed by atoms with van der Waals surface area (Å²) in [4.78, 5) is 0. The van der Waals surface area contributed by atoms with Crippen LogP contribution < -0.4 is 0 Å². The first-order chi connectivity index (χ1) is 8.83. The number of aliphatic hydroxyl groups is 1. The second-order valence-electron chi connectivity index (χ2n) is 5.23. The number of hydrogen-bond donors (Lipinski definition) is 1. The normalized spacial score (nSPS) is 12.6. The number of benzene rings is 1. The van der Waals surface area contributed by atoms with Crippen LogP contribution in [0.3, 0.4) is 0 Å². The molecule has 0 aliphatic rings. The lowest BCUT2D eigenvalue weighted by molar-refractivity contribution is 0.148. The van der Waals surface area contributed by atoms with Gasteiger partial charge in [0.05, 0.1) is 6.10 Å². The Hall–Kier alpha value is -0.820. The number of rotatable bonds is 10. The van der Waals surface area contributed by atoms with Crippen LogP contribution in [0, 0.1) is 0 Å². The van der Waals surface area contributed by atoms with Crippen LogP contribution in [0.15, 0.2) is 30.3 Å². The van der Waals surface area contributed by atoms with Crippen molar-refractivity contribution < 1.29 is 5.11 Å².